The Hall–Kier alpha value is -8.66. The van der Waals surface area contributed by atoms with Gasteiger partial charge in [0.1, 0.15) is 0 Å². The Morgan fingerprint density at radius 1 is 0.299 bits per heavy atom. The first-order valence-corrected chi connectivity index (χ1v) is 23.2. The maximum Gasteiger partial charge on any atom is 0.0562 e. The van der Waals surface area contributed by atoms with Gasteiger partial charge in [0, 0.05) is 38.6 Å². The summed E-state index contributed by atoms with van der Waals surface area (Å²) in [7, 11) is 0. The molecular weight excluding hydrogens is 811 g/mol. The quantitative estimate of drug-likeness (QED) is 0.156. The largest absolute Gasteiger partial charge is 0.309 e. The predicted octanol–water partition coefficient (Wildman–Crippen LogP) is 17.6. The van der Waals surface area contributed by atoms with Crippen molar-refractivity contribution in [3.63, 3.8) is 0 Å². The lowest BCUT2D eigenvalue weighted by atomic mass is 9.94. The Morgan fingerprint density at radius 3 is 1.15 bits per heavy atom. The van der Waals surface area contributed by atoms with Crippen molar-refractivity contribution in [3.05, 3.63) is 248 Å². The van der Waals surface area contributed by atoms with Crippen LogP contribution in [0.2, 0.25) is 0 Å². The topological polar surface area (TPSA) is 13.1 Å². The fourth-order valence-corrected chi connectivity index (χ4v) is 11.0. The molecule has 11 aromatic carbocycles. The number of hydrogen-bond acceptors (Lipinski definition) is 1. The number of benzene rings is 11. The van der Waals surface area contributed by atoms with E-state index in [0.29, 0.717) is 0 Å². The maximum atomic E-state index is 2.48. The van der Waals surface area contributed by atoms with Gasteiger partial charge in [-0.05, 0) is 142 Å². The van der Waals surface area contributed by atoms with Crippen LogP contribution < -0.4 is 4.90 Å². The Balaban J connectivity index is 0.998. The fourth-order valence-electron chi connectivity index (χ4n) is 11.0. The van der Waals surface area contributed by atoms with Crippen molar-refractivity contribution in [1.82, 2.24) is 9.13 Å². The van der Waals surface area contributed by atoms with E-state index in [9.17, 15) is 0 Å². The van der Waals surface area contributed by atoms with Crippen molar-refractivity contribution >= 4 is 82.2 Å². The molecule has 0 radical (unpaired) electrons. The van der Waals surface area contributed by atoms with Crippen molar-refractivity contribution in [1.29, 1.82) is 0 Å². The molecule has 0 bridgehead atoms. The molecule has 13 aromatic rings. The van der Waals surface area contributed by atoms with Gasteiger partial charge in [0.15, 0.2) is 0 Å². The number of anilines is 3. The summed E-state index contributed by atoms with van der Waals surface area (Å²) in [5.74, 6) is 0. The monoisotopic (exact) mass is 855 g/mol. The summed E-state index contributed by atoms with van der Waals surface area (Å²) in [4.78, 5) is 2.48. The predicted molar refractivity (Wildman–Crippen MR) is 285 cm³/mol. The number of para-hydroxylation sites is 3. The lowest BCUT2D eigenvalue weighted by molar-refractivity contribution is 1.18. The molecule has 0 unspecified atom stereocenters. The molecule has 3 nitrogen and oxygen atoms in total. The minimum absolute atomic E-state index is 1.10. The molecule has 13 rings (SSSR count). The van der Waals surface area contributed by atoms with Crippen LogP contribution in [0.1, 0.15) is 11.1 Å². The van der Waals surface area contributed by atoms with Gasteiger partial charge in [-0.1, -0.05) is 164 Å². The third kappa shape index (κ3) is 6.12. The van der Waals surface area contributed by atoms with E-state index in [2.05, 4.69) is 264 Å². The van der Waals surface area contributed by atoms with Crippen LogP contribution in [0.15, 0.2) is 237 Å². The van der Waals surface area contributed by atoms with E-state index in [1.165, 1.54) is 87.5 Å². The highest BCUT2D eigenvalue weighted by Gasteiger charge is 2.25. The lowest BCUT2D eigenvalue weighted by Gasteiger charge is -2.27. The van der Waals surface area contributed by atoms with Gasteiger partial charge in [0.05, 0.1) is 33.4 Å². The van der Waals surface area contributed by atoms with Crippen molar-refractivity contribution in [2.24, 2.45) is 0 Å². The van der Waals surface area contributed by atoms with E-state index in [4.69, 9.17) is 0 Å². The van der Waals surface area contributed by atoms with Gasteiger partial charge >= 0.3 is 0 Å². The molecule has 3 heteroatoms. The molecule has 316 valence electrons. The average molecular weight is 856 g/mol. The van der Waals surface area contributed by atoms with Gasteiger partial charge < -0.3 is 14.0 Å². The van der Waals surface area contributed by atoms with E-state index >= 15 is 0 Å². The summed E-state index contributed by atoms with van der Waals surface area (Å²) < 4.78 is 4.87. The van der Waals surface area contributed by atoms with Crippen LogP contribution >= 0.6 is 0 Å². The first-order valence-electron chi connectivity index (χ1n) is 23.2. The number of rotatable bonds is 7. The zero-order chi connectivity index (χ0) is 44.6. The average Bonchev–Trinajstić information content (AvgIpc) is 3.91. The van der Waals surface area contributed by atoms with Gasteiger partial charge in [-0.3, -0.25) is 0 Å². The molecule has 0 fully saturated rings. The Labute approximate surface area is 389 Å². The summed E-state index contributed by atoms with van der Waals surface area (Å²) in [6, 6.07) is 86.8. The minimum Gasteiger partial charge on any atom is -0.309 e. The molecule has 0 saturated heterocycles. The zero-order valence-electron chi connectivity index (χ0n) is 37.4. The number of hydrogen-bond donors (Lipinski definition) is 0. The van der Waals surface area contributed by atoms with E-state index in [1.807, 2.05) is 0 Å². The third-order valence-corrected chi connectivity index (χ3v) is 14.0. The van der Waals surface area contributed by atoms with Crippen LogP contribution in [0, 0.1) is 13.8 Å². The molecule has 0 spiro atoms. The second kappa shape index (κ2) is 15.5. The first-order chi connectivity index (χ1) is 33.1. The van der Waals surface area contributed by atoms with Crippen molar-refractivity contribution in [2.45, 2.75) is 13.8 Å². The highest BCUT2D eigenvalue weighted by Crippen LogP contribution is 2.48. The normalized spacial score (nSPS) is 11.7. The summed E-state index contributed by atoms with van der Waals surface area (Å²) in [5.41, 5.74) is 17.8. The first kappa shape index (κ1) is 38.8. The molecule has 2 heterocycles. The molecule has 0 aliphatic rings. The second-order valence-corrected chi connectivity index (χ2v) is 17.8. The van der Waals surface area contributed by atoms with Crippen LogP contribution in [-0.2, 0) is 0 Å². The molecule has 0 saturated carbocycles. The standard InChI is InChI=1S/C64H45N3/c1-42-30-32-44-16-6-8-20-51(44)61(42)46-34-38-49(39-35-46)65-55-24-12-10-22-53(55)63-57(65)26-14-28-59(63)67(48-18-4-3-5-19-48)60-29-15-27-58-64(60)54-23-11-13-25-56(54)66(58)50-40-36-47(37-41-50)62-43(2)31-33-45-17-7-9-21-52(45)62/h3-41H,1-2H3. The van der Waals surface area contributed by atoms with Gasteiger partial charge in [-0.15, -0.1) is 0 Å². The molecule has 0 aliphatic heterocycles. The third-order valence-electron chi connectivity index (χ3n) is 14.0. The fraction of sp³-hybridized carbons (Fsp3) is 0.0312. The van der Waals surface area contributed by atoms with Crippen LogP contribution in [0.3, 0.4) is 0 Å². The number of aromatic nitrogens is 2. The molecule has 2 aromatic heterocycles. The zero-order valence-corrected chi connectivity index (χ0v) is 37.4. The SMILES string of the molecule is Cc1ccc2ccccc2c1-c1ccc(-n2c3ccccc3c3c(N(c4ccccc4)c4cccc5c4c4ccccc4n5-c4ccc(-c5c(C)ccc6ccccc56)cc4)cccc32)cc1. The number of aryl methyl sites for hydroxylation is 2. The molecule has 0 aliphatic carbocycles. The Kier molecular flexibility index (Phi) is 8.97. The summed E-state index contributed by atoms with van der Waals surface area (Å²) in [6.07, 6.45) is 0. The van der Waals surface area contributed by atoms with E-state index in [-0.39, 0.29) is 0 Å². The van der Waals surface area contributed by atoms with E-state index < -0.39 is 0 Å². The number of fused-ring (bicyclic) bond motifs is 8. The highest BCUT2D eigenvalue weighted by molar-refractivity contribution is 6.20. The molecule has 67 heavy (non-hydrogen) atoms. The van der Waals surface area contributed by atoms with Crippen LogP contribution in [0.4, 0.5) is 17.1 Å². The Bertz CT molecular complexity index is 3800. The van der Waals surface area contributed by atoms with Gasteiger partial charge in [0.2, 0.25) is 0 Å². The minimum atomic E-state index is 1.10. The van der Waals surface area contributed by atoms with Crippen LogP contribution in [0.5, 0.6) is 0 Å². The second-order valence-electron chi connectivity index (χ2n) is 17.8. The molecular formula is C64H45N3. The summed E-state index contributed by atoms with van der Waals surface area (Å²) >= 11 is 0. The van der Waals surface area contributed by atoms with Crippen molar-refractivity contribution in [2.75, 3.05) is 4.90 Å². The summed E-state index contributed by atoms with van der Waals surface area (Å²) in [5, 5.41) is 9.89. The van der Waals surface area contributed by atoms with E-state index in [1.54, 1.807) is 0 Å². The Morgan fingerprint density at radius 2 is 0.687 bits per heavy atom. The summed E-state index contributed by atoms with van der Waals surface area (Å²) in [6.45, 7) is 4.43. The smallest absolute Gasteiger partial charge is 0.0562 e. The lowest BCUT2D eigenvalue weighted by Crippen LogP contribution is -2.11. The molecule has 0 amide bonds. The van der Waals surface area contributed by atoms with Gasteiger partial charge in [-0.2, -0.15) is 0 Å². The highest BCUT2D eigenvalue weighted by atomic mass is 15.2. The van der Waals surface area contributed by atoms with Crippen LogP contribution in [0.25, 0.3) is 98.8 Å². The maximum absolute atomic E-state index is 2.48. The van der Waals surface area contributed by atoms with Crippen molar-refractivity contribution in [3.8, 4) is 33.6 Å². The number of nitrogens with zero attached hydrogens (tertiary/aromatic N) is 3. The van der Waals surface area contributed by atoms with Crippen molar-refractivity contribution < 1.29 is 0 Å². The van der Waals surface area contributed by atoms with Gasteiger partial charge in [0.25, 0.3) is 0 Å². The molecule has 0 atom stereocenters. The molecule has 0 N–H and O–H groups in total. The van der Waals surface area contributed by atoms with Crippen LogP contribution in [-0.4, -0.2) is 9.13 Å². The van der Waals surface area contributed by atoms with E-state index in [0.717, 1.165) is 39.5 Å². The van der Waals surface area contributed by atoms with Gasteiger partial charge in [-0.25, -0.2) is 0 Å².